The zero-order valence-electron chi connectivity index (χ0n) is 14.4. The Labute approximate surface area is 129 Å². The average Bonchev–Trinajstić information content (AvgIpc) is 2.81. The van der Waals surface area contributed by atoms with Gasteiger partial charge in [0.25, 0.3) is 0 Å². The molecule has 0 spiro atoms. The van der Waals surface area contributed by atoms with Crippen molar-refractivity contribution in [1.29, 1.82) is 0 Å². The first kappa shape index (κ1) is 16.5. The molecule has 1 aliphatic carbocycles. The molecular weight excluding hydrogens is 260 g/mol. The Morgan fingerprint density at radius 2 is 2.10 bits per heavy atom. The zero-order chi connectivity index (χ0) is 15.5. The number of rotatable bonds is 5. The minimum atomic E-state index is 0.413. The lowest BCUT2D eigenvalue weighted by Gasteiger charge is -2.42. The van der Waals surface area contributed by atoms with Crippen molar-refractivity contribution in [2.24, 2.45) is 24.3 Å². The molecule has 1 saturated carbocycles. The first-order valence-corrected chi connectivity index (χ1v) is 8.48. The SMILES string of the molecule is CCCNC1CCC(C(C)(C)C)CC1Cc1cn(C)nn1. The topological polar surface area (TPSA) is 42.7 Å². The summed E-state index contributed by atoms with van der Waals surface area (Å²) in [6.07, 6.45) is 8.28. The van der Waals surface area contributed by atoms with E-state index < -0.39 is 0 Å². The number of nitrogens with zero attached hydrogens (tertiary/aromatic N) is 3. The summed E-state index contributed by atoms with van der Waals surface area (Å²) in [4.78, 5) is 0. The van der Waals surface area contributed by atoms with Crippen LogP contribution in [0.1, 0.15) is 59.1 Å². The molecule has 3 atom stereocenters. The van der Waals surface area contributed by atoms with Crippen molar-refractivity contribution in [2.45, 2.75) is 65.8 Å². The number of nitrogens with one attached hydrogen (secondary N) is 1. The molecule has 21 heavy (non-hydrogen) atoms. The molecule has 0 bridgehead atoms. The molecule has 1 heterocycles. The summed E-state index contributed by atoms with van der Waals surface area (Å²) < 4.78 is 1.81. The first-order chi connectivity index (χ1) is 9.90. The van der Waals surface area contributed by atoms with Gasteiger partial charge in [0.1, 0.15) is 0 Å². The molecule has 0 radical (unpaired) electrons. The van der Waals surface area contributed by atoms with Gasteiger partial charge in [-0.1, -0.05) is 32.9 Å². The summed E-state index contributed by atoms with van der Waals surface area (Å²) in [7, 11) is 1.95. The molecule has 1 aromatic rings. The summed E-state index contributed by atoms with van der Waals surface area (Å²) in [6.45, 7) is 10.5. The number of aryl methyl sites for hydroxylation is 1. The summed E-state index contributed by atoms with van der Waals surface area (Å²) in [5, 5.41) is 12.1. The Kier molecular flexibility index (Phi) is 5.42. The van der Waals surface area contributed by atoms with Gasteiger partial charge in [-0.05, 0) is 55.9 Å². The van der Waals surface area contributed by atoms with Crippen LogP contribution in [0.3, 0.4) is 0 Å². The van der Waals surface area contributed by atoms with E-state index >= 15 is 0 Å². The third kappa shape index (κ3) is 4.53. The van der Waals surface area contributed by atoms with Gasteiger partial charge in [-0.25, -0.2) is 0 Å². The van der Waals surface area contributed by atoms with E-state index in [0.29, 0.717) is 17.4 Å². The van der Waals surface area contributed by atoms with Crippen LogP contribution in [0.5, 0.6) is 0 Å². The number of hydrogen-bond donors (Lipinski definition) is 1. The Morgan fingerprint density at radius 3 is 2.67 bits per heavy atom. The second kappa shape index (κ2) is 6.91. The zero-order valence-corrected chi connectivity index (χ0v) is 14.4. The van der Waals surface area contributed by atoms with Crippen LogP contribution in [-0.4, -0.2) is 27.6 Å². The summed E-state index contributed by atoms with van der Waals surface area (Å²) in [5.41, 5.74) is 1.55. The van der Waals surface area contributed by atoms with Gasteiger partial charge in [0.2, 0.25) is 0 Å². The third-order valence-corrected chi connectivity index (χ3v) is 4.99. The smallest absolute Gasteiger partial charge is 0.0830 e. The molecule has 2 rings (SSSR count). The fraction of sp³-hybridized carbons (Fsp3) is 0.882. The monoisotopic (exact) mass is 292 g/mol. The molecule has 0 aliphatic heterocycles. The Bertz CT molecular complexity index is 432. The molecule has 1 N–H and O–H groups in total. The van der Waals surface area contributed by atoms with Gasteiger partial charge in [-0.15, -0.1) is 5.10 Å². The van der Waals surface area contributed by atoms with Gasteiger partial charge in [-0.3, -0.25) is 4.68 Å². The minimum Gasteiger partial charge on any atom is -0.314 e. The van der Waals surface area contributed by atoms with Gasteiger partial charge in [0.15, 0.2) is 0 Å². The maximum absolute atomic E-state index is 4.30. The lowest BCUT2D eigenvalue weighted by Crippen LogP contribution is -2.44. The van der Waals surface area contributed by atoms with Crippen molar-refractivity contribution in [1.82, 2.24) is 20.3 Å². The van der Waals surface area contributed by atoms with E-state index in [0.717, 1.165) is 24.6 Å². The molecule has 4 nitrogen and oxygen atoms in total. The van der Waals surface area contributed by atoms with E-state index in [1.54, 1.807) is 0 Å². The van der Waals surface area contributed by atoms with Gasteiger partial charge in [-0.2, -0.15) is 0 Å². The Balaban J connectivity index is 2.05. The third-order valence-electron chi connectivity index (χ3n) is 4.99. The van der Waals surface area contributed by atoms with E-state index in [4.69, 9.17) is 0 Å². The predicted octanol–water partition coefficient (Wildman–Crippen LogP) is 3.19. The average molecular weight is 292 g/mol. The molecular formula is C17H32N4. The molecule has 1 aliphatic rings. The predicted molar refractivity (Wildman–Crippen MR) is 87.1 cm³/mol. The molecule has 0 aromatic carbocycles. The largest absolute Gasteiger partial charge is 0.314 e. The highest BCUT2D eigenvalue weighted by Crippen LogP contribution is 2.41. The lowest BCUT2D eigenvalue weighted by atomic mass is 9.66. The number of hydrogen-bond acceptors (Lipinski definition) is 3. The highest BCUT2D eigenvalue weighted by Gasteiger charge is 2.35. The van der Waals surface area contributed by atoms with Gasteiger partial charge in [0, 0.05) is 19.3 Å². The second-order valence-corrected chi connectivity index (χ2v) is 7.78. The molecule has 3 unspecified atom stereocenters. The highest BCUT2D eigenvalue weighted by molar-refractivity contribution is 4.99. The van der Waals surface area contributed by atoms with E-state index in [-0.39, 0.29) is 0 Å². The van der Waals surface area contributed by atoms with E-state index in [1.165, 1.54) is 25.7 Å². The lowest BCUT2D eigenvalue weighted by molar-refractivity contribution is 0.113. The van der Waals surface area contributed by atoms with Crippen LogP contribution in [0.15, 0.2) is 6.20 Å². The normalized spacial score (nSPS) is 27.0. The van der Waals surface area contributed by atoms with Crippen LogP contribution in [0.2, 0.25) is 0 Å². The van der Waals surface area contributed by atoms with Crippen LogP contribution < -0.4 is 5.32 Å². The molecule has 1 aromatic heterocycles. The Morgan fingerprint density at radius 1 is 1.33 bits per heavy atom. The van der Waals surface area contributed by atoms with E-state index in [1.807, 2.05) is 11.7 Å². The van der Waals surface area contributed by atoms with Crippen molar-refractivity contribution in [2.75, 3.05) is 6.54 Å². The summed E-state index contributed by atoms with van der Waals surface area (Å²) >= 11 is 0. The molecule has 1 fully saturated rings. The van der Waals surface area contributed by atoms with Crippen LogP contribution in [0, 0.1) is 17.3 Å². The first-order valence-electron chi connectivity index (χ1n) is 8.48. The summed E-state index contributed by atoms with van der Waals surface area (Å²) in [6, 6.07) is 0.644. The standard InChI is InChI=1S/C17H32N4/c1-6-9-18-16-8-7-14(17(2,3)4)10-13(16)11-15-12-21(5)20-19-15/h12-14,16,18H,6-11H2,1-5H3. The maximum Gasteiger partial charge on any atom is 0.0830 e. The van der Waals surface area contributed by atoms with Crippen molar-refractivity contribution in [3.8, 4) is 0 Å². The number of aromatic nitrogens is 3. The van der Waals surface area contributed by atoms with Crippen molar-refractivity contribution >= 4 is 0 Å². The fourth-order valence-electron chi connectivity index (χ4n) is 3.63. The van der Waals surface area contributed by atoms with Crippen molar-refractivity contribution in [3.63, 3.8) is 0 Å². The van der Waals surface area contributed by atoms with Crippen molar-refractivity contribution in [3.05, 3.63) is 11.9 Å². The fourth-order valence-corrected chi connectivity index (χ4v) is 3.63. The second-order valence-electron chi connectivity index (χ2n) is 7.78. The minimum absolute atomic E-state index is 0.413. The van der Waals surface area contributed by atoms with Crippen LogP contribution in [-0.2, 0) is 13.5 Å². The van der Waals surface area contributed by atoms with Gasteiger partial charge >= 0.3 is 0 Å². The van der Waals surface area contributed by atoms with Gasteiger partial charge < -0.3 is 5.32 Å². The Hall–Kier alpha value is -0.900. The molecule has 4 heteroatoms. The molecule has 120 valence electrons. The van der Waals surface area contributed by atoms with Crippen molar-refractivity contribution < 1.29 is 0 Å². The maximum atomic E-state index is 4.30. The van der Waals surface area contributed by atoms with E-state index in [9.17, 15) is 0 Å². The van der Waals surface area contributed by atoms with Crippen LogP contribution in [0.4, 0.5) is 0 Å². The summed E-state index contributed by atoms with van der Waals surface area (Å²) in [5.74, 6) is 1.50. The molecule has 0 saturated heterocycles. The van der Waals surface area contributed by atoms with Gasteiger partial charge in [0.05, 0.1) is 5.69 Å². The quantitative estimate of drug-likeness (QED) is 0.906. The highest BCUT2D eigenvalue weighted by atomic mass is 15.4. The molecule has 0 amide bonds. The van der Waals surface area contributed by atoms with Crippen LogP contribution in [0.25, 0.3) is 0 Å². The van der Waals surface area contributed by atoms with Crippen LogP contribution >= 0.6 is 0 Å². The van der Waals surface area contributed by atoms with E-state index in [2.05, 4.69) is 49.5 Å².